The van der Waals surface area contributed by atoms with Gasteiger partial charge in [0.25, 0.3) is 0 Å². The molecule has 1 saturated carbocycles. The topological polar surface area (TPSA) is 48.9 Å². The Morgan fingerprint density at radius 3 is 2.50 bits per heavy atom. The number of hydrogen-bond donors (Lipinski definition) is 2. The smallest absolute Gasteiger partial charge is 0.191 e. The summed E-state index contributed by atoms with van der Waals surface area (Å²) in [6, 6.07) is 0.627. The Morgan fingerprint density at radius 1 is 1.12 bits per heavy atom. The summed E-state index contributed by atoms with van der Waals surface area (Å²) in [5, 5.41) is 6.77. The van der Waals surface area contributed by atoms with Gasteiger partial charge in [-0.3, -0.25) is 4.99 Å². The standard InChI is InChI=1S/C20H42N4O.HI/c1-5-21-20(22-14-9-10-16-24(4)18(2)3)23-15-11-17-25-19-12-7-6-8-13-19;/h18-19H,5-17H2,1-4H3,(H2,21,22,23);1H. The van der Waals surface area contributed by atoms with Crippen molar-refractivity contribution in [2.45, 2.75) is 84.3 Å². The first-order valence-electron chi connectivity index (χ1n) is 10.5. The molecule has 0 bridgehead atoms. The van der Waals surface area contributed by atoms with E-state index in [1.165, 1.54) is 44.9 Å². The first-order valence-corrected chi connectivity index (χ1v) is 10.5. The molecule has 156 valence electrons. The largest absolute Gasteiger partial charge is 0.378 e. The highest BCUT2D eigenvalue weighted by atomic mass is 127. The molecule has 0 aliphatic heterocycles. The maximum Gasteiger partial charge on any atom is 0.191 e. The van der Waals surface area contributed by atoms with Gasteiger partial charge >= 0.3 is 0 Å². The third-order valence-corrected chi connectivity index (χ3v) is 4.93. The van der Waals surface area contributed by atoms with Crippen LogP contribution in [-0.2, 0) is 4.74 Å². The van der Waals surface area contributed by atoms with Crippen LogP contribution in [0.1, 0.15) is 72.1 Å². The molecular weight excluding hydrogens is 439 g/mol. The van der Waals surface area contributed by atoms with E-state index < -0.39 is 0 Å². The summed E-state index contributed by atoms with van der Waals surface area (Å²) < 4.78 is 5.96. The van der Waals surface area contributed by atoms with Gasteiger partial charge in [-0.1, -0.05) is 19.3 Å². The van der Waals surface area contributed by atoms with Crippen LogP contribution in [0, 0.1) is 0 Å². The summed E-state index contributed by atoms with van der Waals surface area (Å²) >= 11 is 0. The van der Waals surface area contributed by atoms with Crippen molar-refractivity contribution in [3.63, 3.8) is 0 Å². The minimum atomic E-state index is 0. The van der Waals surface area contributed by atoms with E-state index in [2.05, 4.69) is 48.3 Å². The van der Waals surface area contributed by atoms with Gasteiger partial charge in [0.05, 0.1) is 6.10 Å². The van der Waals surface area contributed by atoms with Gasteiger partial charge in [-0.15, -0.1) is 24.0 Å². The lowest BCUT2D eigenvalue weighted by molar-refractivity contribution is 0.0281. The Hall–Kier alpha value is -0.0800. The molecule has 2 N–H and O–H groups in total. The summed E-state index contributed by atoms with van der Waals surface area (Å²) in [4.78, 5) is 7.06. The second kappa shape index (κ2) is 17.0. The molecule has 1 fully saturated rings. The lowest BCUT2D eigenvalue weighted by Gasteiger charge is -2.21. The van der Waals surface area contributed by atoms with Crippen LogP contribution in [0.3, 0.4) is 0 Å². The molecule has 0 radical (unpaired) electrons. The van der Waals surface area contributed by atoms with E-state index in [1.807, 2.05) is 0 Å². The molecule has 1 rings (SSSR count). The number of rotatable bonds is 12. The molecule has 0 heterocycles. The number of guanidine groups is 1. The predicted molar refractivity (Wildman–Crippen MR) is 124 cm³/mol. The number of nitrogens with zero attached hydrogens (tertiary/aromatic N) is 2. The highest BCUT2D eigenvalue weighted by Crippen LogP contribution is 2.20. The summed E-state index contributed by atoms with van der Waals surface area (Å²) in [6.07, 6.45) is 10.5. The van der Waals surface area contributed by atoms with E-state index >= 15 is 0 Å². The van der Waals surface area contributed by atoms with Crippen molar-refractivity contribution in [1.82, 2.24) is 15.5 Å². The van der Waals surface area contributed by atoms with Gasteiger partial charge in [-0.2, -0.15) is 0 Å². The third-order valence-electron chi connectivity index (χ3n) is 4.93. The maximum atomic E-state index is 5.96. The molecule has 26 heavy (non-hydrogen) atoms. The molecular formula is C20H43IN4O. The first kappa shape index (κ1) is 25.9. The fourth-order valence-electron chi connectivity index (χ4n) is 3.03. The number of ether oxygens (including phenoxy) is 1. The number of nitrogens with one attached hydrogen (secondary N) is 2. The zero-order valence-corrected chi connectivity index (χ0v) is 19.9. The van der Waals surface area contributed by atoms with Crippen LogP contribution in [0.25, 0.3) is 0 Å². The van der Waals surface area contributed by atoms with Crippen molar-refractivity contribution in [3.8, 4) is 0 Å². The van der Waals surface area contributed by atoms with Crippen molar-refractivity contribution < 1.29 is 4.74 Å². The summed E-state index contributed by atoms with van der Waals surface area (Å²) in [6.45, 7) is 11.3. The van der Waals surface area contributed by atoms with E-state index in [4.69, 9.17) is 4.74 Å². The highest BCUT2D eigenvalue weighted by Gasteiger charge is 2.12. The van der Waals surface area contributed by atoms with Gasteiger partial charge in [0, 0.05) is 32.3 Å². The molecule has 0 saturated heterocycles. The van der Waals surface area contributed by atoms with Crippen molar-refractivity contribution in [3.05, 3.63) is 0 Å². The highest BCUT2D eigenvalue weighted by molar-refractivity contribution is 14.0. The molecule has 0 aromatic heterocycles. The van der Waals surface area contributed by atoms with Crippen LogP contribution in [-0.4, -0.2) is 62.8 Å². The second-order valence-electron chi connectivity index (χ2n) is 7.45. The van der Waals surface area contributed by atoms with E-state index in [9.17, 15) is 0 Å². The Morgan fingerprint density at radius 2 is 1.85 bits per heavy atom. The van der Waals surface area contributed by atoms with Gasteiger partial charge in [0.1, 0.15) is 0 Å². The average Bonchev–Trinajstić information content (AvgIpc) is 2.61. The van der Waals surface area contributed by atoms with Crippen molar-refractivity contribution in [2.75, 3.05) is 39.8 Å². The van der Waals surface area contributed by atoms with E-state index in [-0.39, 0.29) is 24.0 Å². The zero-order chi connectivity index (χ0) is 18.3. The number of halogens is 1. The maximum absolute atomic E-state index is 5.96. The Kier molecular flexibility index (Phi) is 17.0. The fraction of sp³-hybridized carbons (Fsp3) is 0.950. The minimum absolute atomic E-state index is 0. The van der Waals surface area contributed by atoms with Gasteiger partial charge < -0.3 is 20.3 Å². The molecule has 1 aliphatic carbocycles. The number of aliphatic imine (C=N–C) groups is 1. The fourth-order valence-corrected chi connectivity index (χ4v) is 3.03. The quantitative estimate of drug-likeness (QED) is 0.191. The SMILES string of the molecule is CCNC(=NCCCOC1CCCCC1)NCCCCN(C)C(C)C.I. The number of unbranched alkanes of at least 4 members (excludes halogenated alkanes) is 1. The van der Waals surface area contributed by atoms with Crippen molar-refractivity contribution in [1.29, 1.82) is 0 Å². The van der Waals surface area contributed by atoms with Crippen LogP contribution in [0.4, 0.5) is 0 Å². The molecule has 0 unspecified atom stereocenters. The third kappa shape index (κ3) is 13.1. The van der Waals surface area contributed by atoms with Crippen LogP contribution in [0.15, 0.2) is 4.99 Å². The molecule has 1 aliphatic rings. The predicted octanol–water partition coefficient (Wildman–Crippen LogP) is 4.02. The van der Waals surface area contributed by atoms with Crippen LogP contribution < -0.4 is 10.6 Å². The Labute approximate surface area is 179 Å². The summed E-state index contributed by atoms with van der Waals surface area (Å²) in [5.41, 5.74) is 0. The first-order chi connectivity index (χ1) is 12.1. The zero-order valence-electron chi connectivity index (χ0n) is 17.6. The van der Waals surface area contributed by atoms with Gasteiger partial charge in [0.15, 0.2) is 5.96 Å². The van der Waals surface area contributed by atoms with E-state index in [0.717, 1.165) is 45.2 Å². The Balaban J connectivity index is 0.00000625. The Bertz CT molecular complexity index is 347. The van der Waals surface area contributed by atoms with Crippen molar-refractivity contribution in [2.24, 2.45) is 4.99 Å². The minimum Gasteiger partial charge on any atom is -0.378 e. The van der Waals surface area contributed by atoms with Gasteiger partial charge in [-0.05, 0) is 66.5 Å². The van der Waals surface area contributed by atoms with E-state index in [0.29, 0.717) is 12.1 Å². The monoisotopic (exact) mass is 482 g/mol. The van der Waals surface area contributed by atoms with Crippen LogP contribution >= 0.6 is 24.0 Å². The molecule has 0 aromatic carbocycles. The van der Waals surface area contributed by atoms with Crippen LogP contribution in [0.2, 0.25) is 0 Å². The van der Waals surface area contributed by atoms with Crippen molar-refractivity contribution >= 4 is 29.9 Å². The van der Waals surface area contributed by atoms with Crippen LogP contribution in [0.5, 0.6) is 0 Å². The lowest BCUT2D eigenvalue weighted by atomic mass is 9.98. The average molecular weight is 482 g/mol. The second-order valence-corrected chi connectivity index (χ2v) is 7.45. The normalized spacial score (nSPS) is 16.0. The molecule has 0 aromatic rings. The molecule has 6 heteroatoms. The summed E-state index contributed by atoms with van der Waals surface area (Å²) in [5.74, 6) is 0.942. The summed E-state index contributed by atoms with van der Waals surface area (Å²) in [7, 11) is 2.19. The molecule has 5 nitrogen and oxygen atoms in total. The van der Waals surface area contributed by atoms with E-state index in [1.54, 1.807) is 0 Å². The number of hydrogen-bond acceptors (Lipinski definition) is 3. The van der Waals surface area contributed by atoms with Gasteiger partial charge in [-0.25, -0.2) is 0 Å². The molecule has 0 spiro atoms. The van der Waals surface area contributed by atoms with Gasteiger partial charge in [0.2, 0.25) is 0 Å². The molecule has 0 amide bonds. The molecule has 0 atom stereocenters. The lowest BCUT2D eigenvalue weighted by Crippen LogP contribution is -2.38.